The van der Waals surface area contributed by atoms with E-state index in [1.165, 1.54) is 23.8 Å². The molecule has 1 saturated carbocycles. The fraction of sp³-hybridized carbons (Fsp3) is 0.273. The second-order valence-electron chi connectivity index (χ2n) is 7.72. The van der Waals surface area contributed by atoms with Gasteiger partial charge in [0.05, 0.1) is 29.6 Å². The van der Waals surface area contributed by atoms with E-state index in [1.54, 1.807) is 0 Å². The Morgan fingerprint density at radius 3 is 2.73 bits per heavy atom. The largest absolute Gasteiger partial charge is 0.494 e. The van der Waals surface area contributed by atoms with Crippen LogP contribution in [0.4, 0.5) is 8.78 Å². The summed E-state index contributed by atoms with van der Waals surface area (Å²) >= 11 is 0. The van der Waals surface area contributed by atoms with Gasteiger partial charge in [0.2, 0.25) is 12.2 Å². The molecule has 1 fully saturated rings. The quantitative estimate of drug-likeness (QED) is 0.559. The molecule has 2 aliphatic rings. The van der Waals surface area contributed by atoms with Crippen LogP contribution in [0.1, 0.15) is 28.4 Å². The Morgan fingerprint density at radius 2 is 2.09 bits per heavy atom. The number of fused-ring (bicyclic) bond motifs is 2. The van der Waals surface area contributed by atoms with Crippen LogP contribution < -0.4 is 19.6 Å². The van der Waals surface area contributed by atoms with Gasteiger partial charge in [-0.3, -0.25) is 4.79 Å². The van der Waals surface area contributed by atoms with Gasteiger partial charge < -0.3 is 23.9 Å². The molecule has 11 heteroatoms. The van der Waals surface area contributed by atoms with E-state index >= 15 is 4.39 Å². The van der Waals surface area contributed by atoms with Gasteiger partial charge in [0.15, 0.2) is 17.2 Å². The smallest absolute Gasteiger partial charge is 0.341 e. The number of aromatic carboxylic acids is 1. The third kappa shape index (κ3) is 3.19. The standard InChI is InChI=1S/C22H16F2N2O7/c1-31-21-17(9-2-10(6-25-30)20-16(3-9)32-8-33-20)14(24)4-11-18(21)26(15-5-13(15)23)7-12(19(11)27)22(28)29/h2-4,7,13,15H,5-6,8H2,1H3,(H,28,29)/t13-,15+/m0/s1. The van der Waals surface area contributed by atoms with Crippen molar-refractivity contribution in [1.29, 1.82) is 0 Å². The molecule has 0 saturated heterocycles. The minimum Gasteiger partial charge on any atom is -0.494 e. The van der Waals surface area contributed by atoms with E-state index in [2.05, 4.69) is 5.18 Å². The lowest BCUT2D eigenvalue weighted by Crippen LogP contribution is -2.20. The van der Waals surface area contributed by atoms with Crippen LogP contribution in [0.25, 0.3) is 22.0 Å². The molecule has 1 aliphatic heterocycles. The van der Waals surface area contributed by atoms with E-state index in [4.69, 9.17) is 14.2 Å². The predicted molar refractivity (Wildman–Crippen MR) is 111 cm³/mol. The van der Waals surface area contributed by atoms with Gasteiger partial charge in [0.1, 0.15) is 24.1 Å². The Morgan fingerprint density at radius 1 is 1.33 bits per heavy atom. The summed E-state index contributed by atoms with van der Waals surface area (Å²) in [6.45, 7) is -0.339. The first-order valence-corrected chi connectivity index (χ1v) is 9.90. The van der Waals surface area contributed by atoms with Crippen LogP contribution >= 0.6 is 0 Å². The van der Waals surface area contributed by atoms with Crippen LogP contribution in [0.3, 0.4) is 0 Å². The van der Waals surface area contributed by atoms with Gasteiger partial charge in [-0.25, -0.2) is 13.6 Å². The number of halogens is 2. The summed E-state index contributed by atoms with van der Waals surface area (Å²) in [5, 5.41) is 12.0. The third-order valence-corrected chi connectivity index (χ3v) is 5.77. The molecule has 2 aromatic carbocycles. The van der Waals surface area contributed by atoms with Crippen LogP contribution in [0.2, 0.25) is 0 Å². The van der Waals surface area contributed by atoms with E-state index in [0.29, 0.717) is 11.3 Å². The van der Waals surface area contributed by atoms with Crippen molar-refractivity contribution in [3.8, 4) is 28.4 Å². The van der Waals surface area contributed by atoms with Gasteiger partial charge in [-0.05, 0) is 23.8 Å². The molecule has 1 N–H and O–H groups in total. The number of methoxy groups -OCH3 is 1. The topological polar surface area (TPSA) is 116 Å². The van der Waals surface area contributed by atoms with Crippen LogP contribution in [-0.2, 0) is 6.54 Å². The molecule has 170 valence electrons. The summed E-state index contributed by atoms with van der Waals surface area (Å²) in [4.78, 5) is 35.3. The number of carboxylic acids is 1. The molecule has 0 unspecified atom stereocenters. The summed E-state index contributed by atoms with van der Waals surface area (Å²) in [6.07, 6.45) is -0.0686. The third-order valence-electron chi connectivity index (χ3n) is 5.77. The second-order valence-corrected chi connectivity index (χ2v) is 7.72. The molecule has 0 spiro atoms. The number of rotatable bonds is 6. The molecule has 0 radical (unpaired) electrons. The van der Waals surface area contributed by atoms with E-state index in [1.807, 2.05) is 0 Å². The Labute approximate surface area is 184 Å². The lowest BCUT2D eigenvalue weighted by atomic mass is 9.97. The molecule has 0 bridgehead atoms. The van der Waals surface area contributed by atoms with E-state index in [-0.39, 0.29) is 53.3 Å². The number of alkyl halides is 1. The summed E-state index contributed by atoms with van der Waals surface area (Å²) in [7, 11) is 1.26. The first kappa shape index (κ1) is 20.9. The molecule has 1 aromatic heterocycles. The molecule has 3 aromatic rings. The monoisotopic (exact) mass is 458 g/mol. The Balaban J connectivity index is 1.86. The van der Waals surface area contributed by atoms with Gasteiger partial charge in [-0.2, -0.15) is 4.91 Å². The first-order valence-electron chi connectivity index (χ1n) is 9.90. The summed E-state index contributed by atoms with van der Waals surface area (Å²) in [5.41, 5.74) is -0.892. The highest BCUT2D eigenvalue weighted by molar-refractivity contribution is 5.98. The Kier molecular flexibility index (Phi) is 4.76. The number of nitroso groups, excluding NO2 is 1. The lowest BCUT2D eigenvalue weighted by molar-refractivity contribution is 0.0694. The van der Waals surface area contributed by atoms with Crippen LogP contribution in [0.5, 0.6) is 17.2 Å². The average molecular weight is 458 g/mol. The lowest BCUT2D eigenvalue weighted by Gasteiger charge is -2.19. The van der Waals surface area contributed by atoms with Crippen LogP contribution in [0.15, 0.2) is 34.4 Å². The number of hydrogen-bond donors (Lipinski definition) is 1. The highest BCUT2D eigenvalue weighted by Crippen LogP contribution is 2.47. The van der Waals surface area contributed by atoms with Crippen molar-refractivity contribution in [2.24, 2.45) is 5.18 Å². The summed E-state index contributed by atoms with van der Waals surface area (Å²) in [6, 6.07) is 3.18. The number of aromatic nitrogens is 1. The minimum absolute atomic E-state index is 0.0669. The second kappa shape index (κ2) is 7.54. The van der Waals surface area contributed by atoms with Crippen LogP contribution in [0, 0.1) is 10.7 Å². The van der Waals surface area contributed by atoms with Crippen molar-refractivity contribution in [3.05, 3.63) is 56.5 Å². The first-order chi connectivity index (χ1) is 15.8. The van der Waals surface area contributed by atoms with Crippen molar-refractivity contribution in [3.63, 3.8) is 0 Å². The van der Waals surface area contributed by atoms with E-state index in [0.717, 1.165) is 12.3 Å². The number of carboxylic acid groups (broad SMARTS) is 1. The zero-order valence-electron chi connectivity index (χ0n) is 17.1. The van der Waals surface area contributed by atoms with Gasteiger partial charge in [0, 0.05) is 18.2 Å². The number of carbonyl (C=O) groups is 1. The van der Waals surface area contributed by atoms with Gasteiger partial charge in [0.25, 0.3) is 0 Å². The fourth-order valence-corrected chi connectivity index (χ4v) is 4.19. The number of pyridine rings is 1. The number of nitrogens with zero attached hydrogens (tertiary/aromatic N) is 2. The predicted octanol–water partition coefficient (Wildman–Crippen LogP) is 3.79. The van der Waals surface area contributed by atoms with Crippen molar-refractivity contribution >= 4 is 16.9 Å². The fourth-order valence-electron chi connectivity index (χ4n) is 4.19. The molecule has 1 aliphatic carbocycles. The van der Waals surface area contributed by atoms with Gasteiger partial charge >= 0.3 is 5.97 Å². The van der Waals surface area contributed by atoms with Crippen molar-refractivity contribution in [2.45, 2.75) is 25.2 Å². The zero-order valence-corrected chi connectivity index (χ0v) is 17.1. The average Bonchev–Trinajstić information content (AvgIpc) is 3.30. The summed E-state index contributed by atoms with van der Waals surface area (Å²) < 4.78 is 47.0. The molecule has 9 nitrogen and oxygen atoms in total. The highest BCUT2D eigenvalue weighted by Gasteiger charge is 2.41. The molecule has 2 heterocycles. The van der Waals surface area contributed by atoms with E-state index in [9.17, 15) is 24.0 Å². The van der Waals surface area contributed by atoms with E-state index < -0.39 is 35.0 Å². The maximum Gasteiger partial charge on any atom is 0.341 e. The normalized spacial score (nSPS) is 18.4. The Bertz CT molecular complexity index is 1400. The summed E-state index contributed by atoms with van der Waals surface area (Å²) in [5.74, 6) is -1.86. The highest BCUT2D eigenvalue weighted by atomic mass is 19.1. The SMILES string of the molecule is COc1c(-c2cc(CN=O)c3c(c2)OCO3)c(F)cc2c(=O)c(C(=O)O)cn([C@@H]3C[C@@H]3F)c12. The van der Waals surface area contributed by atoms with Gasteiger partial charge in [-0.1, -0.05) is 5.18 Å². The van der Waals surface area contributed by atoms with Gasteiger partial charge in [-0.15, -0.1) is 0 Å². The molecule has 33 heavy (non-hydrogen) atoms. The molecular weight excluding hydrogens is 442 g/mol. The molecule has 5 rings (SSSR count). The number of benzene rings is 2. The minimum atomic E-state index is -1.50. The molecule has 2 atom stereocenters. The molecular formula is C22H16F2N2O7. The maximum atomic E-state index is 15.5. The van der Waals surface area contributed by atoms with Crippen molar-refractivity contribution in [2.75, 3.05) is 13.9 Å². The van der Waals surface area contributed by atoms with Crippen molar-refractivity contribution in [1.82, 2.24) is 4.57 Å². The number of ether oxygens (including phenoxy) is 3. The van der Waals surface area contributed by atoms with Crippen molar-refractivity contribution < 1.29 is 32.9 Å². The van der Waals surface area contributed by atoms with Crippen LogP contribution in [-0.4, -0.2) is 35.7 Å². The molecule has 0 amide bonds. The maximum absolute atomic E-state index is 15.5. The zero-order chi connectivity index (χ0) is 23.4. The Hall–Kier alpha value is -4.02. The number of hydrogen-bond acceptors (Lipinski definition) is 7.